The van der Waals surface area contributed by atoms with E-state index < -0.39 is 0 Å². The van der Waals surface area contributed by atoms with Crippen LogP contribution in [0.1, 0.15) is 35.0 Å². The number of fused-ring (bicyclic) bond motifs is 1. The van der Waals surface area contributed by atoms with E-state index in [4.69, 9.17) is 9.15 Å². The van der Waals surface area contributed by atoms with E-state index in [1.165, 1.54) is 0 Å². The molecule has 0 aliphatic carbocycles. The Labute approximate surface area is 146 Å². The molecule has 1 aliphatic rings. The summed E-state index contributed by atoms with van der Waals surface area (Å²) in [6.07, 6.45) is 7.56. The zero-order valence-electron chi connectivity index (χ0n) is 14.2. The van der Waals surface area contributed by atoms with E-state index >= 15 is 0 Å². The smallest absolute Gasteiger partial charge is 0.290 e. The number of carbonyl (C=O) groups is 1. The number of furan rings is 1. The molecule has 2 aromatic heterocycles. The topological polar surface area (TPSA) is 60.5 Å². The first-order chi connectivity index (χ1) is 12.3. The van der Waals surface area contributed by atoms with E-state index in [1.807, 2.05) is 41.7 Å². The molecule has 0 spiro atoms. The predicted molar refractivity (Wildman–Crippen MR) is 93.3 cm³/mol. The first-order valence-electron chi connectivity index (χ1n) is 8.54. The lowest BCUT2D eigenvalue weighted by Gasteiger charge is -2.33. The predicted octanol–water partition coefficient (Wildman–Crippen LogP) is 3.25. The molecule has 0 radical (unpaired) electrons. The number of carbonyl (C=O) groups excluding carboxylic acids is 1. The number of hydrogen-bond donors (Lipinski definition) is 0. The fraction of sp³-hybridized carbons (Fsp3) is 0.368. The van der Waals surface area contributed by atoms with E-state index in [-0.39, 0.29) is 11.9 Å². The third-order valence-corrected chi connectivity index (χ3v) is 4.81. The van der Waals surface area contributed by atoms with Crippen LogP contribution in [-0.4, -0.2) is 40.6 Å². The molecule has 1 aromatic carbocycles. The first-order valence-corrected chi connectivity index (χ1v) is 8.54. The molecule has 1 saturated heterocycles. The van der Waals surface area contributed by atoms with Crippen molar-refractivity contribution < 1.29 is 13.9 Å². The molecule has 1 atom stereocenters. The minimum absolute atomic E-state index is 0.0620. The van der Waals surface area contributed by atoms with Gasteiger partial charge in [-0.2, -0.15) is 0 Å². The van der Waals surface area contributed by atoms with Gasteiger partial charge in [-0.3, -0.25) is 4.79 Å². The Balaban J connectivity index is 1.64. The highest BCUT2D eigenvalue weighted by molar-refractivity contribution is 5.99. The Hall–Kier alpha value is -2.60. The number of benzene rings is 1. The Morgan fingerprint density at radius 3 is 3.08 bits per heavy atom. The van der Waals surface area contributed by atoms with E-state index in [9.17, 15) is 4.79 Å². The first kappa shape index (κ1) is 15.9. The molecular formula is C19H21N3O3. The number of rotatable bonds is 4. The highest BCUT2D eigenvalue weighted by Crippen LogP contribution is 2.29. The van der Waals surface area contributed by atoms with Crippen molar-refractivity contribution in [2.24, 2.45) is 0 Å². The highest BCUT2D eigenvalue weighted by Gasteiger charge is 2.29. The van der Waals surface area contributed by atoms with Crippen LogP contribution < -0.4 is 0 Å². The van der Waals surface area contributed by atoms with Crippen LogP contribution in [0.25, 0.3) is 11.0 Å². The summed E-state index contributed by atoms with van der Waals surface area (Å²) in [5.41, 5.74) is 1.55. The molecule has 1 fully saturated rings. The molecular weight excluding hydrogens is 318 g/mol. The van der Waals surface area contributed by atoms with Gasteiger partial charge in [0.05, 0.1) is 19.0 Å². The van der Waals surface area contributed by atoms with E-state index in [0.717, 1.165) is 35.9 Å². The van der Waals surface area contributed by atoms with Crippen LogP contribution in [0.15, 0.2) is 47.4 Å². The van der Waals surface area contributed by atoms with Gasteiger partial charge in [-0.05, 0) is 18.9 Å². The van der Waals surface area contributed by atoms with Gasteiger partial charge in [-0.25, -0.2) is 4.98 Å². The largest absolute Gasteiger partial charge is 0.451 e. The lowest BCUT2D eigenvalue weighted by atomic mass is 10.0. The van der Waals surface area contributed by atoms with Crippen molar-refractivity contribution in [2.75, 3.05) is 20.2 Å². The fourth-order valence-corrected chi connectivity index (χ4v) is 3.57. The van der Waals surface area contributed by atoms with Crippen molar-refractivity contribution in [1.29, 1.82) is 0 Å². The molecule has 1 unspecified atom stereocenters. The maximum Gasteiger partial charge on any atom is 0.290 e. The Kier molecular flexibility index (Phi) is 4.28. The van der Waals surface area contributed by atoms with Crippen molar-refractivity contribution >= 4 is 16.9 Å². The standard InChI is InChI=1S/C19H21N3O3/c1-24-12-16-15-6-2-3-7-17(15)25-18(16)19(23)21-9-4-5-14(11-21)22-10-8-20-13-22/h2-3,6-8,10,13-14H,4-5,9,11-12H2,1H3. The zero-order chi connectivity index (χ0) is 17.2. The van der Waals surface area contributed by atoms with Crippen molar-refractivity contribution in [2.45, 2.75) is 25.5 Å². The minimum Gasteiger partial charge on any atom is -0.451 e. The zero-order valence-corrected chi connectivity index (χ0v) is 14.2. The van der Waals surface area contributed by atoms with Crippen molar-refractivity contribution in [3.63, 3.8) is 0 Å². The third kappa shape index (κ3) is 2.93. The third-order valence-electron chi connectivity index (χ3n) is 4.81. The average molecular weight is 339 g/mol. The van der Waals surface area contributed by atoms with Crippen LogP contribution in [0, 0.1) is 0 Å². The van der Waals surface area contributed by atoms with Gasteiger partial charge in [0, 0.05) is 43.5 Å². The number of para-hydroxylation sites is 1. The summed E-state index contributed by atoms with van der Waals surface area (Å²) in [5.74, 6) is 0.336. The van der Waals surface area contributed by atoms with Crippen LogP contribution >= 0.6 is 0 Å². The van der Waals surface area contributed by atoms with Gasteiger partial charge in [-0.1, -0.05) is 18.2 Å². The number of aromatic nitrogens is 2. The molecule has 25 heavy (non-hydrogen) atoms. The highest BCUT2D eigenvalue weighted by atomic mass is 16.5. The molecule has 1 amide bonds. The number of likely N-dealkylation sites (tertiary alicyclic amines) is 1. The minimum atomic E-state index is -0.0620. The molecule has 0 saturated carbocycles. The molecule has 3 aromatic rings. The Morgan fingerprint density at radius 2 is 2.28 bits per heavy atom. The monoisotopic (exact) mass is 339 g/mol. The van der Waals surface area contributed by atoms with Gasteiger partial charge < -0.3 is 18.6 Å². The lowest BCUT2D eigenvalue weighted by molar-refractivity contribution is 0.0643. The summed E-state index contributed by atoms with van der Waals surface area (Å²) in [6.45, 7) is 1.77. The SMILES string of the molecule is COCc1c(C(=O)N2CCCC(n3ccnc3)C2)oc2ccccc12. The number of ether oxygens (including phenoxy) is 1. The normalized spacial score (nSPS) is 18.0. The quantitative estimate of drug-likeness (QED) is 0.732. The molecule has 6 heteroatoms. The Morgan fingerprint density at radius 1 is 1.40 bits per heavy atom. The summed E-state index contributed by atoms with van der Waals surface area (Å²) in [5, 5.41) is 0.941. The molecule has 3 heterocycles. The van der Waals surface area contributed by atoms with Gasteiger partial charge in [-0.15, -0.1) is 0 Å². The number of amides is 1. The average Bonchev–Trinajstić information content (AvgIpc) is 3.30. The number of hydrogen-bond acceptors (Lipinski definition) is 4. The number of imidazole rings is 1. The second-order valence-corrected chi connectivity index (χ2v) is 6.40. The summed E-state index contributed by atoms with van der Waals surface area (Å²) < 4.78 is 13.3. The molecule has 0 N–H and O–H groups in total. The van der Waals surface area contributed by atoms with Gasteiger partial charge in [0.1, 0.15) is 5.58 Å². The van der Waals surface area contributed by atoms with Gasteiger partial charge in [0.15, 0.2) is 5.76 Å². The molecule has 6 nitrogen and oxygen atoms in total. The maximum absolute atomic E-state index is 13.1. The molecule has 1 aliphatic heterocycles. The van der Waals surface area contributed by atoms with Crippen LogP contribution in [0.3, 0.4) is 0 Å². The summed E-state index contributed by atoms with van der Waals surface area (Å²) >= 11 is 0. The summed E-state index contributed by atoms with van der Waals surface area (Å²) in [7, 11) is 1.63. The van der Waals surface area contributed by atoms with Crippen molar-refractivity contribution in [1.82, 2.24) is 14.5 Å². The van der Waals surface area contributed by atoms with Crippen LogP contribution in [-0.2, 0) is 11.3 Å². The maximum atomic E-state index is 13.1. The molecule has 130 valence electrons. The van der Waals surface area contributed by atoms with E-state index in [1.54, 1.807) is 13.3 Å². The van der Waals surface area contributed by atoms with Crippen LogP contribution in [0.2, 0.25) is 0 Å². The summed E-state index contributed by atoms with van der Waals surface area (Å²) in [4.78, 5) is 19.1. The van der Waals surface area contributed by atoms with Crippen molar-refractivity contribution in [3.8, 4) is 0 Å². The fourth-order valence-electron chi connectivity index (χ4n) is 3.57. The van der Waals surface area contributed by atoms with E-state index in [0.29, 0.717) is 18.9 Å². The van der Waals surface area contributed by atoms with E-state index in [2.05, 4.69) is 9.55 Å². The second kappa shape index (κ2) is 6.72. The Bertz CT molecular complexity index is 869. The molecule has 4 rings (SSSR count). The molecule has 0 bridgehead atoms. The second-order valence-electron chi connectivity index (χ2n) is 6.40. The number of methoxy groups -OCH3 is 1. The number of piperidine rings is 1. The summed E-state index contributed by atoms with van der Waals surface area (Å²) in [6, 6.07) is 7.97. The van der Waals surface area contributed by atoms with Gasteiger partial charge >= 0.3 is 0 Å². The van der Waals surface area contributed by atoms with Crippen LogP contribution in [0.4, 0.5) is 0 Å². The lowest BCUT2D eigenvalue weighted by Crippen LogP contribution is -2.40. The van der Waals surface area contributed by atoms with Crippen LogP contribution in [0.5, 0.6) is 0 Å². The van der Waals surface area contributed by atoms with Gasteiger partial charge in [0.25, 0.3) is 5.91 Å². The van der Waals surface area contributed by atoms with Gasteiger partial charge in [0.2, 0.25) is 0 Å². The number of nitrogens with zero attached hydrogens (tertiary/aromatic N) is 3. The van der Waals surface area contributed by atoms with Crippen molar-refractivity contribution in [3.05, 3.63) is 54.3 Å².